The molecule has 0 aliphatic carbocycles. The Balaban J connectivity index is 2.06. The fourth-order valence-electron chi connectivity index (χ4n) is 2.66. The highest BCUT2D eigenvalue weighted by Gasteiger charge is 2.34. The Hall–Kier alpha value is -0.970. The molecule has 0 radical (unpaired) electrons. The number of halogens is 4. The molecule has 0 unspecified atom stereocenters. The number of hydrogen-bond donors (Lipinski definition) is 0. The number of pyridine rings is 1. The number of hydrogen-bond acceptors (Lipinski definition) is 2. The van der Waals surface area contributed by atoms with Crippen molar-refractivity contribution >= 4 is 17.4 Å². The molecule has 1 saturated heterocycles. The predicted octanol–water partition coefficient (Wildman–Crippen LogP) is 4.77. The zero-order valence-corrected chi connectivity index (χ0v) is 12.1. The van der Waals surface area contributed by atoms with E-state index < -0.39 is 11.7 Å². The maximum absolute atomic E-state index is 12.6. The minimum Gasteiger partial charge on any atom is -0.357 e. The summed E-state index contributed by atoms with van der Waals surface area (Å²) in [6, 6.07) is 1.32. The lowest BCUT2D eigenvalue weighted by Gasteiger charge is -2.33. The first-order valence-electron chi connectivity index (χ1n) is 6.89. The van der Waals surface area contributed by atoms with E-state index in [9.17, 15) is 13.2 Å². The van der Waals surface area contributed by atoms with Crippen LogP contribution in [-0.4, -0.2) is 18.1 Å². The summed E-state index contributed by atoms with van der Waals surface area (Å²) >= 11 is 5.72. The molecule has 6 heteroatoms. The molecule has 0 N–H and O–H groups in total. The van der Waals surface area contributed by atoms with Gasteiger partial charge in [-0.05, 0) is 24.8 Å². The third-order valence-electron chi connectivity index (χ3n) is 3.78. The van der Waals surface area contributed by atoms with Crippen LogP contribution in [-0.2, 0) is 6.18 Å². The zero-order valence-electron chi connectivity index (χ0n) is 11.4. The summed E-state index contributed by atoms with van der Waals surface area (Å²) in [7, 11) is 0. The first-order chi connectivity index (χ1) is 9.41. The molecule has 0 bridgehead atoms. The van der Waals surface area contributed by atoms with E-state index in [2.05, 4.69) is 11.9 Å². The van der Waals surface area contributed by atoms with Crippen molar-refractivity contribution in [1.82, 2.24) is 4.98 Å². The molecule has 0 saturated carbocycles. The van der Waals surface area contributed by atoms with Gasteiger partial charge in [-0.1, -0.05) is 31.4 Å². The van der Waals surface area contributed by atoms with Crippen molar-refractivity contribution < 1.29 is 13.2 Å². The third kappa shape index (κ3) is 3.57. The number of anilines is 1. The van der Waals surface area contributed by atoms with Crippen LogP contribution in [0.3, 0.4) is 0 Å². The normalized spacial score (nSPS) is 17.6. The lowest BCUT2D eigenvalue weighted by molar-refractivity contribution is -0.137. The van der Waals surface area contributed by atoms with Crippen LogP contribution in [0.2, 0.25) is 5.02 Å². The Morgan fingerprint density at radius 1 is 1.35 bits per heavy atom. The van der Waals surface area contributed by atoms with Gasteiger partial charge in [-0.15, -0.1) is 0 Å². The van der Waals surface area contributed by atoms with Gasteiger partial charge in [0.05, 0.1) is 10.6 Å². The van der Waals surface area contributed by atoms with Gasteiger partial charge in [0.1, 0.15) is 5.82 Å². The highest BCUT2D eigenvalue weighted by atomic mass is 35.5. The minimum atomic E-state index is -4.45. The molecule has 0 amide bonds. The van der Waals surface area contributed by atoms with Gasteiger partial charge in [0.2, 0.25) is 0 Å². The molecule has 0 atom stereocenters. The van der Waals surface area contributed by atoms with Gasteiger partial charge in [0.15, 0.2) is 0 Å². The van der Waals surface area contributed by atoms with Gasteiger partial charge in [-0.3, -0.25) is 0 Å². The van der Waals surface area contributed by atoms with E-state index in [1.807, 2.05) is 4.90 Å². The molecule has 0 aromatic carbocycles. The standard InChI is InChI=1S/C14H18ClF3N2/c1-2-3-10-4-6-20(7-5-10)13-8-12(15)11(9-19-13)14(16,17)18/h8-10H,2-7H2,1H3. The van der Waals surface area contributed by atoms with E-state index in [1.165, 1.54) is 18.9 Å². The van der Waals surface area contributed by atoms with Gasteiger partial charge in [-0.2, -0.15) is 13.2 Å². The SMILES string of the molecule is CCCC1CCN(c2cc(Cl)c(C(F)(F)F)cn2)CC1. The highest BCUT2D eigenvalue weighted by Crippen LogP contribution is 2.36. The monoisotopic (exact) mass is 306 g/mol. The zero-order chi connectivity index (χ0) is 14.8. The Morgan fingerprint density at radius 2 is 2.00 bits per heavy atom. The summed E-state index contributed by atoms with van der Waals surface area (Å²) in [6.07, 6.45) is 0.902. The van der Waals surface area contributed by atoms with Crippen LogP contribution < -0.4 is 4.90 Å². The predicted molar refractivity (Wildman–Crippen MR) is 74.1 cm³/mol. The Bertz CT molecular complexity index is 454. The molecule has 1 aliphatic rings. The summed E-state index contributed by atoms with van der Waals surface area (Å²) in [5.74, 6) is 1.26. The largest absolute Gasteiger partial charge is 0.419 e. The molecule has 112 valence electrons. The Morgan fingerprint density at radius 3 is 2.50 bits per heavy atom. The van der Waals surface area contributed by atoms with E-state index in [4.69, 9.17) is 11.6 Å². The van der Waals surface area contributed by atoms with Crippen molar-refractivity contribution in [3.63, 3.8) is 0 Å². The van der Waals surface area contributed by atoms with E-state index >= 15 is 0 Å². The number of piperidine rings is 1. The van der Waals surface area contributed by atoms with Crippen molar-refractivity contribution in [2.45, 2.75) is 38.8 Å². The average molecular weight is 307 g/mol. The molecule has 1 aliphatic heterocycles. The molecule has 1 fully saturated rings. The number of aromatic nitrogens is 1. The van der Waals surface area contributed by atoms with Crippen molar-refractivity contribution in [3.8, 4) is 0 Å². The second-order valence-electron chi connectivity index (χ2n) is 5.24. The average Bonchev–Trinajstić information content (AvgIpc) is 2.38. The first kappa shape index (κ1) is 15.4. The molecule has 2 rings (SSSR count). The highest BCUT2D eigenvalue weighted by molar-refractivity contribution is 6.31. The maximum atomic E-state index is 12.6. The molecule has 2 heterocycles. The van der Waals surface area contributed by atoms with Crippen molar-refractivity contribution in [3.05, 3.63) is 22.8 Å². The molecular weight excluding hydrogens is 289 g/mol. The lowest BCUT2D eigenvalue weighted by atomic mass is 9.92. The topological polar surface area (TPSA) is 16.1 Å². The smallest absolute Gasteiger partial charge is 0.357 e. The van der Waals surface area contributed by atoms with E-state index in [0.717, 1.165) is 38.0 Å². The second-order valence-corrected chi connectivity index (χ2v) is 5.65. The fourth-order valence-corrected chi connectivity index (χ4v) is 2.91. The molecule has 0 spiro atoms. The quantitative estimate of drug-likeness (QED) is 0.799. The van der Waals surface area contributed by atoms with Crippen molar-refractivity contribution in [2.75, 3.05) is 18.0 Å². The number of rotatable bonds is 3. The van der Waals surface area contributed by atoms with Crippen LogP contribution in [0.1, 0.15) is 38.2 Å². The Kier molecular flexibility index (Phi) is 4.78. The van der Waals surface area contributed by atoms with Gasteiger partial charge in [0, 0.05) is 19.3 Å². The summed E-state index contributed by atoms with van der Waals surface area (Å²) in [5.41, 5.74) is -0.871. The summed E-state index contributed by atoms with van der Waals surface area (Å²) < 4.78 is 37.9. The van der Waals surface area contributed by atoms with Gasteiger partial charge in [-0.25, -0.2) is 4.98 Å². The first-order valence-corrected chi connectivity index (χ1v) is 7.27. The summed E-state index contributed by atoms with van der Waals surface area (Å²) in [4.78, 5) is 5.93. The van der Waals surface area contributed by atoms with Gasteiger partial charge < -0.3 is 4.90 Å². The fraction of sp³-hybridized carbons (Fsp3) is 0.643. The minimum absolute atomic E-state index is 0.279. The molecule has 1 aromatic heterocycles. The van der Waals surface area contributed by atoms with Gasteiger partial charge >= 0.3 is 6.18 Å². The Labute approximate surface area is 121 Å². The van der Waals surface area contributed by atoms with Crippen LogP contribution in [0.5, 0.6) is 0 Å². The second kappa shape index (κ2) is 6.20. The lowest BCUT2D eigenvalue weighted by Crippen LogP contribution is -2.34. The van der Waals surface area contributed by atoms with Crippen LogP contribution in [0.15, 0.2) is 12.3 Å². The van der Waals surface area contributed by atoms with E-state index in [-0.39, 0.29) is 5.02 Å². The third-order valence-corrected chi connectivity index (χ3v) is 4.09. The number of alkyl halides is 3. The number of nitrogens with zero attached hydrogens (tertiary/aromatic N) is 2. The van der Waals surface area contributed by atoms with E-state index in [0.29, 0.717) is 5.82 Å². The van der Waals surface area contributed by atoms with Crippen LogP contribution in [0, 0.1) is 5.92 Å². The van der Waals surface area contributed by atoms with Crippen LogP contribution >= 0.6 is 11.6 Å². The molecule has 2 nitrogen and oxygen atoms in total. The van der Waals surface area contributed by atoms with Crippen LogP contribution in [0.25, 0.3) is 0 Å². The maximum Gasteiger partial charge on any atom is 0.419 e. The van der Waals surface area contributed by atoms with Crippen molar-refractivity contribution in [1.29, 1.82) is 0 Å². The molecule has 20 heavy (non-hydrogen) atoms. The van der Waals surface area contributed by atoms with E-state index in [1.54, 1.807) is 0 Å². The summed E-state index contributed by atoms with van der Waals surface area (Å²) in [6.45, 7) is 3.84. The molecular formula is C14H18ClF3N2. The van der Waals surface area contributed by atoms with Gasteiger partial charge in [0.25, 0.3) is 0 Å². The summed E-state index contributed by atoms with van der Waals surface area (Å²) in [5, 5.41) is -0.279. The van der Waals surface area contributed by atoms with Crippen molar-refractivity contribution in [2.24, 2.45) is 5.92 Å². The molecule has 1 aromatic rings. The van der Waals surface area contributed by atoms with Crippen LogP contribution in [0.4, 0.5) is 19.0 Å².